The zero-order valence-corrected chi connectivity index (χ0v) is 12.0. The second-order valence-corrected chi connectivity index (χ2v) is 5.19. The molecule has 2 rings (SSSR count). The van der Waals surface area contributed by atoms with Gasteiger partial charge in [-0.25, -0.2) is 9.59 Å². The van der Waals surface area contributed by atoms with Crippen molar-refractivity contribution in [3.05, 3.63) is 34.9 Å². The second-order valence-electron chi connectivity index (χ2n) is 5.19. The number of aryl methyl sites for hydroxylation is 1. The van der Waals surface area contributed by atoms with Crippen molar-refractivity contribution in [2.45, 2.75) is 45.1 Å². The predicted octanol–water partition coefficient (Wildman–Crippen LogP) is 3.27. The standard InChI is InChI=1S/C16H20O4/c1-11-10-12(15(17)19-2)8-9-14(11)16(18)20-13-6-4-3-5-7-13/h8-10,13H,3-7H2,1-2H3. The summed E-state index contributed by atoms with van der Waals surface area (Å²) < 4.78 is 10.2. The highest BCUT2D eigenvalue weighted by Crippen LogP contribution is 2.22. The van der Waals surface area contributed by atoms with Crippen LogP contribution < -0.4 is 0 Å². The van der Waals surface area contributed by atoms with Crippen molar-refractivity contribution in [3.8, 4) is 0 Å². The van der Waals surface area contributed by atoms with Gasteiger partial charge < -0.3 is 9.47 Å². The Kier molecular flexibility index (Phi) is 4.77. The third kappa shape index (κ3) is 3.38. The van der Waals surface area contributed by atoms with Crippen molar-refractivity contribution in [1.82, 2.24) is 0 Å². The summed E-state index contributed by atoms with van der Waals surface area (Å²) in [6.45, 7) is 1.80. The fourth-order valence-corrected chi connectivity index (χ4v) is 2.54. The molecule has 0 bridgehead atoms. The highest BCUT2D eigenvalue weighted by Gasteiger charge is 2.20. The van der Waals surface area contributed by atoms with Gasteiger partial charge in [0.2, 0.25) is 0 Å². The molecule has 0 amide bonds. The van der Waals surface area contributed by atoms with Crippen molar-refractivity contribution in [3.63, 3.8) is 0 Å². The van der Waals surface area contributed by atoms with E-state index in [1.54, 1.807) is 25.1 Å². The zero-order chi connectivity index (χ0) is 14.5. The molecule has 20 heavy (non-hydrogen) atoms. The van der Waals surface area contributed by atoms with Crippen molar-refractivity contribution in [1.29, 1.82) is 0 Å². The van der Waals surface area contributed by atoms with E-state index >= 15 is 0 Å². The second kappa shape index (κ2) is 6.55. The van der Waals surface area contributed by atoms with Gasteiger partial charge in [-0.1, -0.05) is 6.42 Å². The van der Waals surface area contributed by atoms with Gasteiger partial charge in [-0.05, 0) is 56.4 Å². The van der Waals surface area contributed by atoms with Crippen LogP contribution in [0.3, 0.4) is 0 Å². The van der Waals surface area contributed by atoms with E-state index in [1.165, 1.54) is 13.5 Å². The van der Waals surface area contributed by atoms with Gasteiger partial charge in [0, 0.05) is 0 Å². The number of hydrogen-bond donors (Lipinski definition) is 0. The molecule has 0 N–H and O–H groups in total. The van der Waals surface area contributed by atoms with Gasteiger partial charge in [-0.15, -0.1) is 0 Å². The van der Waals surface area contributed by atoms with E-state index in [4.69, 9.17) is 4.74 Å². The minimum absolute atomic E-state index is 0.0379. The lowest BCUT2D eigenvalue weighted by atomic mass is 9.97. The SMILES string of the molecule is COC(=O)c1ccc(C(=O)OC2CCCCC2)c(C)c1. The largest absolute Gasteiger partial charge is 0.465 e. The molecule has 108 valence electrons. The third-order valence-electron chi connectivity index (χ3n) is 3.69. The van der Waals surface area contributed by atoms with Gasteiger partial charge >= 0.3 is 11.9 Å². The maximum atomic E-state index is 12.1. The highest BCUT2D eigenvalue weighted by molar-refractivity contribution is 5.94. The summed E-state index contributed by atoms with van der Waals surface area (Å²) in [5.74, 6) is -0.703. The maximum Gasteiger partial charge on any atom is 0.338 e. The first-order valence-electron chi connectivity index (χ1n) is 7.01. The van der Waals surface area contributed by atoms with Crippen LogP contribution in [-0.2, 0) is 9.47 Å². The van der Waals surface area contributed by atoms with Gasteiger partial charge in [0.15, 0.2) is 0 Å². The Morgan fingerprint density at radius 3 is 2.40 bits per heavy atom. The van der Waals surface area contributed by atoms with Crippen molar-refractivity contribution < 1.29 is 19.1 Å². The van der Waals surface area contributed by atoms with Crippen molar-refractivity contribution in [2.75, 3.05) is 7.11 Å². The lowest BCUT2D eigenvalue weighted by Gasteiger charge is -2.22. The summed E-state index contributed by atoms with van der Waals surface area (Å²) in [5.41, 5.74) is 1.69. The minimum Gasteiger partial charge on any atom is -0.465 e. The molecule has 0 heterocycles. The van der Waals surface area contributed by atoms with Gasteiger partial charge in [0.05, 0.1) is 18.2 Å². The molecule has 0 aliphatic heterocycles. The molecule has 1 aliphatic rings. The fraction of sp³-hybridized carbons (Fsp3) is 0.500. The summed E-state index contributed by atoms with van der Waals surface area (Å²) in [4.78, 5) is 23.6. The Balaban J connectivity index is 2.07. The number of carbonyl (C=O) groups is 2. The van der Waals surface area contributed by atoms with Gasteiger partial charge in [0.25, 0.3) is 0 Å². The van der Waals surface area contributed by atoms with Crippen LogP contribution in [0.15, 0.2) is 18.2 Å². The van der Waals surface area contributed by atoms with Crippen LogP contribution in [0.25, 0.3) is 0 Å². The molecule has 1 fully saturated rings. The lowest BCUT2D eigenvalue weighted by molar-refractivity contribution is 0.0210. The molecule has 0 atom stereocenters. The molecule has 1 saturated carbocycles. The quantitative estimate of drug-likeness (QED) is 0.795. The topological polar surface area (TPSA) is 52.6 Å². The first-order chi connectivity index (χ1) is 9.61. The summed E-state index contributed by atoms with van der Waals surface area (Å²) in [6, 6.07) is 4.88. The Bertz CT molecular complexity index is 501. The Hall–Kier alpha value is -1.84. The van der Waals surface area contributed by atoms with Crippen LogP contribution in [-0.4, -0.2) is 25.2 Å². The van der Waals surface area contributed by atoms with E-state index in [2.05, 4.69) is 4.74 Å². The zero-order valence-electron chi connectivity index (χ0n) is 12.0. The van der Waals surface area contributed by atoms with Crippen LogP contribution >= 0.6 is 0 Å². The molecule has 1 aliphatic carbocycles. The first-order valence-corrected chi connectivity index (χ1v) is 7.01. The Morgan fingerprint density at radius 2 is 1.80 bits per heavy atom. The average Bonchev–Trinajstić information content (AvgIpc) is 2.47. The van der Waals surface area contributed by atoms with Crippen LogP contribution in [0.4, 0.5) is 0 Å². The molecular formula is C16H20O4. The third-order valence-corrected chi connectivity index (χ3v) is 3.69. The van der Waals surface area contributed by atoms with E-state index < -0.39 is 5.97 Å². The van der Waals surface area contributed by atoms with E-state index in [0.717, 1.165) is 31.2 Å². The van der Waals surface area contributed by atoms with Crippen LogP contribution in [0.2, 0.25) is 0 Å². The van der Waals surface area contributed by atoms with Crippen LogP contribution in [0.5, 0.6) is 0 Å². The van der Waals surface area contributed by atoms with Gasteiger partial charge in [0.1, 0.15) is 6.10 Å². The monoisotopic (exact) mass is 276 g/mol. The number of carbonyl (C=O) groups excluding carboxylic acids is 2. The van der Waals surface area contributed by atoms with Crippen molar-refractivity contribution >= 4 is 11.9 Å². The van der Waals surface area contributed by atoms with E-state index in [9.17, 15) is 9.59 Å². The molecule has 4 heteroatoms. The Morgan fingerprint density at radius 1 is 1.10 bits per heavy atom. The number of benzene rings is 1. The predicted molar refractivity (Wildman–Crippen MR) is 74.8 cm³/mol. The van der Waals surface area contributed by atoms with E-state index in [-0.39, 0.29) is 12.1 Å². The lowest BCUT2D eigenvalue weighted by Crippen LogP contribution is -2.21. The molecule has 0 saturated heterocycles. The smallest absolute Gasteiger partial charge is 0.338 e. The molecular weight excluding hydrogens is 256 g/mol. The number of rotatable bonds is 3. The molecule has 0 spiro atoms. The molecule has 0 aromatic heterocycles. The van der Waals surface area contributed by atoms with E-state index in [1.807, 2.05) is 0 Å². The normalized spacial score (nSPS) is 15.7. The maximum absolute atomic E-state index is 12.1. The van der Waals surface area contributed by atoms with Crippen molar-refractivity contribution in [2.24, 2.45) is 0 Å². The number of hydrogen-bond acceptors (Lipinski definition) is 4. The summed E-state index contributed by atoms with van der Waals surface area (Å²) in [6.07, 6.45) is 5.41. The number of esters is 2. The molecule has 1 aromatic rings. The summed E-state index contributed by atoms with van der Waals surface area (Å²) in [7, 11) is 1.34. The highest BCUT2D eigenvalue weighted by atomic mass is 16.5. The Labute approximate surface area is 119 Å². The minimum atomic E-state index is -0.403. The average molecular weight is 276 g/mol. The number of ether oxygens (including phenoxy) is 2. The molecule has 0 radical (unpaired) electrons. The van der Waals surface area contributed by atoms with Gasteiger partial charge in [-0.2, -0.15) is 0 Å². The summed E-state index contributed by atoms with van der Waals surface area (Å²) >= 11 is 0. The molecule has 0 unspecified atom stereocenters. The van der Waals surface area contributed by atoms with E-state index in [0.29, 0.717) is 11.1 Å². The summed E-state index contributed by atoms with van der Waals surface area (Å²) in [5, 5.41) is 0. The fourth-order valence-electron chi connectivity index (χ4n) is 2.54. The molecule has 1 aromatic carbocycles. The number of methoxy groups -OCH3 is 1. The first kappa shape index (κ1) is 14.6. The van der Waals surface area contributed by atoms with Gasteiger partial charge in [-0.3, -0.25) is 0 Å². The van der Waals surface area contributed by atoms with Crippen LogP contribution in [0.1, 0.15) is 58.4 Å². The molecule has 4 nitrogen and oxygen atoms in total. The van der Waals surface area contributed by atoms with Crippen LogP contribution in [0, 0.1) is 6.92 Å².